The minimum absolute atomic E-state index is 0.260. The van der Waals surface area contributed by atoms with Crippen LogP contribution in [0, 0.1) is 0 Å². The highest BCUT2D eigenvalue weighted by Gasteiger charge is 2.43. The van der Waals surface area contributed by atoms with Gasteiger partial charge in [-0.05, 0) is 18.4 Å². The van der Waals surface area contributed by atoms with Crippen molar-refractivity contribution >= 4 is 11.5 Å². The van der Waals surface area contributed by atoms with Crippen LogP contribution in [-0.4, -0.2) is 26.1 Å². The lowest BCUT2D eigenvalue weighted by Crippen LogP contribution is -2.20. The van der Waals surface area contributed by atoms with Crippen LogP contribution in [0.2, 0.25) is 0 Å². The summed E-state index contributed by atoms with van der Waals surface area (Å²) in [5.41, 5.74) is 2.44. The second-order valence-electron chi connectivity index (χ2n) is 5.34. The molecule has 0 amide bonds. The zero-order chi connectivity index (χ0) is 13.4. The highest BCUT2D eigenvalue weighted by atomic mass is 15.2. The molecule has 2 aromatic heterocycles. The number of anilines is 1. The van der Waals surface area contributed by atoms with E-state index in [2.05, 4.69) is 50.8 Å². The fourth-order valence-electron chi connectivity index (χ4n) is 2.65. The van der Waals surface area contributed by atoms with Crippen LogP contribution in [0.1, 0.15) is 18.4 Å². The molecule has 0 spiro atoms. The van der Waals surface area contributed by atoms with Gasteiger partial charge in [-0.1, -0.05) is 30.3 Å². The van der Waals surface area contributed by atoms with Crippen molar-refractivity contribution in [2.24, 2.45) is 0 Å². The minimum Gasteiger partial charge on any atom is -0.366 e. The maximum atomic E-state index is 4.37. The Bertz CT molecular complexity index is 730. The molecule has 0 unspecified atom stereocenters. The zero-order valence-electron chi connectivity index (χ0n) is 11.0. The molecule has 1 aliphatic rings. The van der Waals surface area contributed by atoms with E-state index in [1.54, 1.807) is 12.5 Å². The molecule has 5 heteroatoms. The van der Waals surface area contributed by atoms with Gasteiger partial charge >= 0.3 is 0 Å². The molecular formula is C15H15N5. The SMILES string of the molecule is c1ccc(C2(CNc3nccn4cnnc34)CC2)cc1. The highest BCUT2D eigenvalue weighted by Crippen LogP contribution is 2.48. The molecule has 1 N–H and O–H groups in total. The Hall–Kier alpha value is -2.43. The van der Waals surface area contributed by atoms with E-state index < -0.39 is 0 Å². The van der Waals surface area contributed by atoms with Crippen LogP contribution in [0.25, 0.3) is 5.65 Å². The number of aromatic nitrogens is 4. The van der Waals surface area contributed by atoms with Crippen LogP contribution >= 0.6 is 0 Å². The van der Waals surface area contributed by atoms with Gasteiger partial charge in [-0.2, -0.15) is 0 Å². The van der Waals surface area contributed by atoms with Gasteiger partial charge < -0.3 is 5.32 Å². The Kier molecular flexibility index (Phi) is 2.45. The summed E-state index contributed by atoms with van der Waals surface area (Å²) in [5.74, 6) is 0.798. The van der Waals surface area contributed by atoms with Crippen LogP contribution in [0.5, 0.6) is 0 Å². The molecule has 1 aromatic carbocycles. The van der Waals surface area contributed by atoms with Crippen LogP contribution < -0.4 is 5.32 Å². The van der Waals surface area contributed by atoms with Crippen LogP contribution in [0.3, 0.4) is 0 Å². The van der Waals surface area contributed by atoms with Crippen LogP contribution in [0.4, 0.5) is 5.82 Å². The van der Waals surface area contributed by atoms with Crippen molar-refractivity contribution in [1.82, 2.24) is 19.6 Å². The van der Waals surface area contributed by atoms with Gasteiger partial charge in [0.2, 0.25) is 5.65 Å². The van der Waals surface area contributed by atoms with Gasteiger partial charge in [0.1, 0.15) is 6.33 Å². The van der Waals surface area contributed by atoms with Gasteiger partial charge in [-0.3, -0.25) is 4.40 Å². The predicted octanol–water partition coefficient (Wildman–Crippen LogP) is 2.27. The number of hydrogen-bond donors (Lipinski definition) is 1. The Balaban J connectivity index is 1.58. The van der Waals surface area contributed by atoms with Crippen molar-refractivity contribution in [3.8, 4) is 0 Å². The van der Waals surface area contributed by atoms with Crippen LogP contribution in [-0.2, 0) is 5.41 Å². The lowest BCUT2D eigenvalue weighted by molar-refractivity contribution is 0.730. The topological polar surface area (TPSA) is 55.1 Å². The maximum Gasteiger partial charge on any atom is 0.203 e. The lowest BCUT2D eigenvalue weighted by Gasteiger charge is -2.17. The van der Waals surface area contributed by atoms with Crippen molar-refractivity contribution < 1.29 is 0 Å². The summed E-state index contributed by atoms with van der Waals surface area (Å²) in [5, 5.41) is 11.5. The van der Waals surface area contributed by atoms with Crippen molar-refractivity contribution in [3.05, 3.63) is 54.6 Å². The molecule has 20 heavy (non-hydrogen) atoms. The lowest BCUT2D eigenvalue weighted by atomic mass is 9.96. The Morgan fingerprint density at radius 2 is 2.05 bits per heavy atom. The normalized spacial score (nSPS) is 16.2. The summed E-state index contributed by atoms with van der Waals surface area (Å²) in [4.78, 5) is 4.37. The first-order chi connectivity index (χ1) is 9.87. The number of benzene rings is 1. The second kappa shape index (κ2) is 4.30. The third kappa shape index (κ3) is 1.82. The number of hydrogen-bond acceptors (Lipinski definition) is 4. The van der Waals surface area contributed by atoms with Gasteiger partial charge in [0.05, 0.1) is 0 Å². The summed E-state index contributed by atoms with van der Waals surface area (Å²) in [7, 11) is 0. The van der Waals surface area contributed by atoms with E-state index in [4.69, 9.17) is 0 Å². The molecule has 3 aromatic rings. The molecule has 2 heterocycles. The van der Waals surface area contributed by atoms with Gasteiger partial charge in [0, 0.05) is 24.4 Å². The predicted molar refractivity (Wildman–Crippen MR) is 76.6 cm³/mol. The summed E-state index contributed by atoms with van der Waals surface area (Å²) in [6.45, 7) is 0.885. The highest BCUT2D eigenvalue weighted by molar-refractivity contribution is 5.61. The largest absolute Gasteiger partial charge is 0.366 e. The fraction of sp³-hybridized carbons (Fsp3) is 0.267. The molecule has 0 aliphatic heterocycles. The fourth-order valence-corrected chi connectivity index (χ4v) is 2.65. The van der Waals surface area contributed by atoms with Crippen molar-refractivity contribution in [3.63, 3.8) is 0 Å². The average Bonchev–Trinajstić information content (AvgIpc) is 3.14. The summed E-state index contributed by atoms with van der Waals surface area (Å²) in [6.07, 6.45) is 7.75. The van der Waals surface area contributed by atoms with Gasteiger partial charge in [0.25, 0.3) is 0 Å². The summed E-state index contributed by atoms with van der Waals surface area (Å²) in [6, 6.07) is 10.7. The number of rotatable bonds is 4. The van der Waals surface area contributed by atoms with Gasteiger partial charge in [-0.25, -0.2) is 4.98 Å². The molecule has 0 radical (unpaired) electrons. The average molecular weight is 265 g/mol. The third-order valence-electron chi connectivity index (χ3n) is 4.05. The monoisotopic (exact) mass is 265 g/mol. The quantitative estimate of drug-likeness (QED) is 0.786. The van der Waals surface area contributed by atoms with E-state index in [1.165, 1.54) is 18.4 Å². The molecule has 5 nitrogen and oxygen atoms in total. The molecule has 0 atom stereocenters. The Morgan fingerprint density at radius 3 is 2.85 bits per heavy atom. The standard InChI is InChI=1S/C15H15N5/c1-2-4-12(5-3-1)15(6-7-15)10-17-13-14-19-18-11-20(14)9-8-16-13/h1-5,8-9,11H,6-7,10H2,(H,16,17). The molecule has 0 bridgehead atoms. The van der Waals surface area contributed by atoms with Crippen LogP contribution in [0.15, 0.2) is 49.1 Å². The summed E-state index contributed by atoms with van der Waals surface area (Å²) < 4.78 is 1.87. The zero-order valence-corrected chi connectivity index (χ0v) is 11.0. The molecule has 1 aliphatic carbocycles. The van der Waals surface area contributed by atoms with E-state index >= 15 is 0 Å². The first-order valence-electron chi connectivity index (χ1n) is 6.81. The number of fused-ring (bicyclic) bond motifs is 1. The molecule has 0 saturated heterocycles. The maximum absolute atomic E-state index is 4.37. The second-order valence-corrected chi connectivity index (χ2v) is 5.34. The number of nitrogens with one attached hydrogen (secondary N) is 1. The first-order valence-corrected chi connectivity index (χ1v) is 6.81. The smallest absolute Gasteiger partial charge is 0.203 e. The first kappa shape index (κ1) is 11.4. The van der Waals surface area contributed by atoms with E-state index in [-0.39, 0.29) is 5.41 Å². The van der Waals surface area contributed by atoms with E-state index in [9.17, 15) is 0 Å². The van der Waals surface area contributed by atoms with E-state index in [0.29, 0.717) is 0 Å². The van der Waals surface area contributed by atoms with E-state index in [1.807, 2.05) is 10.6 Å². The molecule has 1 fully saturated rings. The number of nitrogens with zero attached hydrogens (tertiary/aromatic N) is 4. The van der Waals surface area contributed by atoms with Crippen molar-refractivity contribution in [1.29, 1.82) is 0 Å². The van der Waals surface area contributed by atoms with Gasteiger partial charge in [-0.15, -0.1) is 10.2 Å². The molecule has 100 valence electrons. The van der Waals surface area contributed by atoms with Crippen molar-refractivity contribution in [2.75, 3.05) is 11.9 Å². The third-order valence-corrected chi connectivity index (χ3v) is 4.05. The van der Waals surface area contributed by atoms with Crippen molar-refractivity contribution in [2.45, 2.75) is 18.3 Å². The Labute approximate surface area is 116 Å². The molecule has 1 saturated carbocycles. The van der Waals surface area contributed by atoms with E-state index in [0.717, 1.165) is 18.0 Å². The van der Waals surface area contributed by atoms with Gasteiger partial charge in [0.15, 0.2) is 5.82 Å². The Morgan fingerprint density at radius 1 is 1.20 bits per heavy atom. The molecular weight excluding hydrogens is 250 g/mol. The minimum atomic E-state index is 0.260. The molecule has 4 rings (SSSR count). The summed E-state index contributed by atoms with van der Waals surface area (Å²) >= 11 is 0.